The summed E-state index contributed by atoms with van der Waals surface area (Å²) in [4.78, 5) is 29.5. The molecule has 0 bridgehead atoms. The van der Waals surface area contributed by atoms with Crippen molar-refractivity contribution in [1.29, 1.82) is 0 Å². The van der Waals surface area contributed by atoms with Gasteiger partial charge >= 0.3 is 6.09 Å². The Morgan fingerprint density at radius 2 is 1.25 bits per heavy atom. The van der Waals surface area contributed by atoms with E-state index in [1.165, 1.54) is 109 Å². The molecule has 2 aliphatic rings. The first kappa shape index (κ1) is 38.8. The molecule has 2 saturated heterocycles. The van der Waals surface area contributed by atoms with Gasteiger partial charge in [0.1, 0.15) is 0 Å². The number of carbonyl (C=O) groups is 2. The zero-order chi connectivity index (χ0) is 31.3. The second-order valence-electron chi connectivity index (χ2n) is 13.5. The zero-order valence-electron chi connectivity index (χ0n) is 28.9. The number of carbonyl (C=O) groups excluding carboxylic acids is 2. The smallest absolute Gasteiger partial charge is 0.407 e. The predicted octanol–water partition coefficient (Wildman–Crippen LogP) is 9.03. The number of likely N-dealkylation sites (tertiary alicyclic amines) is 1. The molecular formula is C37H71N3O4. The lowest BCUT2D eigenvalue weighted by Gasteiger charge is -2.36. The fourth-order valence-electron chi connectivity index (χ4n) is 6.78. The van der Waals surface area contributed by atoms with Crippen molar-refractivity contribution < 1.29 is 19.1 Å². The van der Waals surface area contributed by atoms with Crippen LogP contribution in [0, 0.1) is 0 Å². The van der Waals surface area contributed by atoms with Gasteiger partial charge in [0.15, 0.2) is 0 Å². The minimum atomic E-state index is -0.338. The highest BCUT2D eigenvalue weighted by atomic mass is 16.5. The van der Waals surface area contributed by atoms with Gasteiger partial charge in [-0.25, -0.2) is 4.79 Å². The molecule has 7 heteroatoms. The largest absolute Gasteiger partial charge is 0.449 e. The molecule has 0 saturated carbocycles. The number of rotatable bonds is 27. The van der Waals surface area contributed by atoms with Crippen LogP contribution in [0.25, 0.3) is 0 Å². The number of nitrogens with one attached hydrogen (secondary N) is 1. The van der Waals surface area contributed by atoms with Gasteiger partial charge in [0.2, 0.25) is 5.91 Å². The van der Waals surface area contributed by atoms with E-state index in [0.29, 0.717) is 25.5 Å². The van der Waals surface area contributed by atoms with Gasteiger partial charge in [-0.15, -0.1) is 0 Å². The van der Waals surface area contributed by atoms with Crippen LogP contribution in [0.5, 0.6) is 0 Å². The van der Waals surface area contributed by atoms with Crippen molar-refractivity contribution >= 4 is 12.0 Å². The maximum atomic E-state index is 13.0. The fraction of sp³-hybridized carbons (Fsp3) is 0.946. The molecule has 0 spiro atoms. The number of alkyl carbamates (subject to hydrolysis) is 1. The number of morpholine rings is 1. The normalized spacial score (nSPS) is 17.6. The third-order valence-corrected chi connectivity index (χ3v) is 9.65. The van der Waals surface area contributed by atoms with Gasteiger partial charge in [-0.05, 0) is 38.6 Å². The molecule has 2 heterocycles. The number of ether oxygens (including phenoxy) is 2. The molecule has 44 heavy (non-hydrogen) atoms. The Labute approximate surface area is 271 Å². The van der Waals surface area contributed by atoms with Crippen molar-refractivity contribution in [3.63, 3.8) is 0 Å². The first-order valence-corrected chi connectivity index (χ1v) is 19.2. The fourth-order valence-corrected chi connectivity index (χ4v) is 6.78. The Balaban J connectivity index is 1.37. The van der Waals surface area contributed by atoms with E-state index in [0.717, 1.165) is 84.3 Å². The topological polar surface area (TPSA) is 71.1 Å². The van der Waals surface area contributed by atoms with E-state index in [1.807, 2.05) is 0 Å². The minimum absolute atomic E-state index is 0.214. The summed E-state index contributed by atoms with van der Waals surface area (Å²) >= 11 is 0. The average molecular weight is 622 g/mol. The van der Waals surface area contributed by atoms with E-state index in [-0.39, 0.29) is 12.1 Å². The van der Waals surface area contributed by atoms with Crippen molar-refractivity contribution in [3.05, 3.63) is 0 Å². The monoisotopic (exact) mass is 622 g/mol. The molecule has 258 valence electrons. The first-order valence-electron chi connectivity index (χ1n) is 19.2. The van der Waals surface area contributed by atoms with E-state index < -0.39 is 0 Å². The highest BCUT2D eigenvalue weighted by molar-refractivity contribution is 5.76. The Kier molecular flexibility index (Phi) is 24.7. The molecule has 0 aromatic carbocycles. The van der Waals surface area contributed by atoms with Gasteiger partial charge in [-0.1, -0.05) is 122 Å². The second-order valence-corrected chi connectivity index (χ2v) is 13.5. The van der Waals surface area contributed by atoms with Gasteiger partial charge in [-0.3, -0.25) is 9.69 Å². The van der Waals surface area contributed by atoms with Crippen LogP contribution in [0.3, 0.4) is 0 Å². The van der Waals surface area contributed by atoms with Crippen molar-refractivity contribution in [1.82, 2.24) is 15.1 Å². The van der Waals surface area contributed by atoms with Gasteiger partial charge in [0, 0.05) is 45.1 Å². The van der Waals surface area contributed by atoms with Crippen molar-refractivity contribution in [3.8, 4) is 0 Å². The molecule has 2 aliphatic heterocycles. The van der Waals surface area contributed by atoms with Crippen LogP contribution in [0.4, 0.5) is 4.79 Å². The molecule has 1 atom stereocenters. The van der Waals surface area contributed by atoms with E-state index in [1.54, 1.807) is 0 Å². The summed E-state index contributed by atoms with van der Waals surface area (Å²) < 4.78 is 10.8. The summed E-state index contributed by atoms with van der Waals surface area (Å²) in [6, 6.07) is 0.214. The van der Waals surface area contributed by atoms with Crippen LogP contribution in [-0.2, 0) is 14.3 Å². The third kappa shape index (κ3) is 20.6. The molecular weight excluding hydrogens is 550 g/mol. The molecule has 0 aliphatic carbocycles. The van der Waals surface area contributed by atoms with Crippen LogP contribution in [0.2, 0.25) is 0 Å². The number of hydrogen-bond acceptors (Lipinski definition) is 5. The lowest BCUT2D eigenvalue weighted by molar-refractivity contribution is -0.135. The van der Waals surface area contributed by atoms with Gasteiger partial charge in [0.05, 0.1) is 19.8 Å². The Bertz CT molecular complexity index is 686. The quantitative estimate of drug-likeness (QED) is 0.0927. The predicted molar refractivity (Wildman–Crippen MR) is 183 cm³/mol. The van der Waals surface area contributed by atoms with Crippen LogP contribution < -0.4 is 5.32 Å². The molecule has 7 nitrogen and oxygen atoms in total. The lowest BCUT2D eigenvalue weighted by atomic mass is 9.98. The second kappa shape index (κ2) is 27.9. The SMILES string of the molecule is CCCCCCCCCCCCCCCCCCCCCC(=O)N1CCCCC1CCOC(=O)NCCCN1CCOCC1. The zero-order valence-corrected chi connectivity index (χ0v) is 28.9. The molecule has 2 amide bonds. The number of amides is 2. The number of piperidine rings is 1. The van der Waals surface area contributed by atoms with Gasteiger partial charge in [0.25, 0.3) is 0 Å². The number of hydrogen-bond donors (Lipinski definition) is 1. The van der Waals surface area contributed by atoms with E-state index in [2.05, 4.69) is 22.0 Å². The molecule has 1 N–H and O–H groups in total. The van der Waals surface area contributed by atoms with Crippen LogP contribution in [0.1, 0.15) is 167 Å². The maximum Gasteiger partial charge on any atom is 0.407 e. The Morgan fingerprint density at radius 3 is 1.82 bits per heavy atom. The standard InChI is InChI=1S/C37H71N3O4/c1-2-3-4-5-6-7-8-9-10-11-12-13-14-15-16-17-18-19-20-25-36(41)40-29-22-21-24-35(40)26-32-44-37(42)38-27-23-28-39-30-33-43-34-31-39/h35H,2-34H2,1H3,(H,38,42). The van der Waals surface area contributed by atoms with Gasteiger partial charge < -0.3 is 19.7 Å². The Hall–Kier alpha value is -1.34. The molecule has 1 unspecified atom stereocenters. The third-order valence-electron chi connectivity index (χ3n) is 9.65. The summed E-state index contributed by atoms with van der Waals surface area (Å²) in [5, 5.41) is 2.87. The van der Waals surface area contributed by atoms with Crippen molar-refractivity contribution in [2.75, 3.05) is 52.5 Å². The molecule has 2 rings (SSSR count). The highest BCUT2D eigenvalue weighted by Gasteiger charge is 2.26. The van der Waals surface area contributed by atoms with E-state index >= 15 is 0 Å². The molecule has 2 fully saturated rings. The average Bonchev–Trinajstić information content (AvgIpc) is 3.05. The van der Waals surface area contributed by atoms with Crippen LogP contribution in [0.15, 0.2) is 0 Å². The van der Waals surface area contributed by atoms with Crippen LogP contribution in [-0.4, -0.2) is 80.4 Å². The summed E-state index contributed by atoms with van der Waals surface area (Å²) in [6.07, 6.45) is 31.2. The summed E-state index contributed by atoms with van der Waals surface area (Å²) in [5.74, 6) is 0.300. The molecule has 0 aromatic rings. The maximum absolute atomic E-state index is 13.0. The molecule has 0 radical (unpaired) electrons. The summed E-state index contributed by atoms with van der Waals surface area (Å²) in [6.45, 7) is 8.68. The first-order chi connectivity index (χ1) is 21.7. The van der Waals surface area contributed by atoms with Gasteiger partial charge in [-0.2, -0.15) is 0 Å². The van der Waals surface area contributed by atoms with Crippen LogP contribution >= 0.6 is 0 Å². The van der Waals surface area contributed by atoms with E-state index in [4.69, 9.17) is 9.47 Å². The summed E-state index contributed by atoms with van der Waals surface area (Å²) in [7, 11) is 0. The molecule has 0 aromatic heterocycles. The summed E-state index contributed by atoms with van der Waals surface area (Å²) in [5.41, 5.74) is 0. The highest BCUT2D eigenvalue weighted by Crippen LogP contribution is 2.22. The van der Waals surface area contributed by atoms with E-state index in [9.17, 15) is 9.59 Å². The van der Waals surface area contributed by atoms with Crippen molar-refractivity contribution in [2.45, 2.75) is 173 Å². The Morgan fingerprint density at radius 1 is 0.705 bits per heavy atom. The number of nitrogens with zero attached hydrogens (tertiary/aromatic N) is 2. The minimum Gasteiger partial charge on any atom is -0.449 e. The number of unbranched alkanes of at least 4 members (excludes halogenated alkanes) is 18. The van der Waals surface area contributed by atoms with Crippen molar-refractivity contribution in [2.24, 2.45) is 0 Å². The lowest BCUT2D eigenvalue weighted by Crippen LogP contribution is -2.44.